The van der Waals surface area contributed by atoms with E-state index < -0.39 is 0 Å². The van der Waals surface area contributed by atoms with Gasteiger partial charge >= 0.3 is 7.12 Å². The molecule has 4 nitrogen and oxygen atoms in total. The van der Waals surface area contributed by atoms with Crippen molar-refractivity contribution in [1.82, 2.24) is 5.43 Å². The molecule has 0 saturated carbocycles. The van der Waals surface area contributed by atoms with Crippen LogP contribution in [-0.4, -0.2) is 18.3 Å². The Kier molecular flexibility index (Phi) is 5.70. The Balaban J connectivity index is 1.36. The molecule has 0 amide bonds. The lowest BCUT2D eigenvalue weighted by Gasteiger charge is -2.32. The van der Waals surface area contributed by atoms with Crippen LogP contribution in [0.4, 0.5) is 5.69 Å². The van der Waals surface area contributed by atoms with E-state index in [1.165, 1.54) is 16.7 Å². The van der Waals surface area contributed by atoms with E-state index in [1.54, 1.807) is 0 Å². The molecule has 30 heavy (non-hydrogen) atoms. The van der Waals surface area contributed by atoms with Crippen molar-refractivity contribution in [2.24, 2.45) is 0 Å². The van der Waals surface area contributed by atoms with Crippen molar-refractivity contribution in [3.05, 3.63) is 84.4 Å². The second kappa shape index (κ2) is 8.27. The van der Waals surface area contributed by atoms with Crippen molar-refractivity contribution in [2.45, 2.75) is 45.4 Å². The second-order valence-corrected chi connectivity index (χ2v) is 8.75. The van der Waals surface area contributed by atoms with Gasteiger partial charge in [-0.05, 0) is 62.0 Å². The van der Waals surface area contributed by atoms with Gasteiger partial charge in [0, 0.05) is 12.2 Å². The molecule has 2 N–H and O–H groups in total. The summed E-state index contributed by atoms with van der Waals surface area (Å²) in [7, 11) is -0.324. The van der Waals surface area contributed by atoms with Gasteiger partial charge in [-0.25, -0.2) is 5.43 Å². The minimum absolute atomic E-state index is 0.324. The fraction of sp³-hybridized carbons (Fsp3) is 0.280. The van der Waals surface area contributed by atoms with Crippen LogP contribution in [0.1, 0.15) is 33.3 Å². The Morgan fingerprint density at radius 2 is 1.23 bits per heavy atom. The van der Waals surface area contributed by atoms with Gasteiger partial charge < -0.3 is 14.7 Å². The van der Waals surface area contributed by atoms with Crippen molar-refractivity contribution in [3.8, 4) is 11.1 Å². The first kappa shape index (κ1) is 20.7. The first-order chi connectivity index (χ1) is 14.3. The van der Waals surface area contributed by atoms with Crippen LogP contribution >= 0.6 is 0 Å². The summed E-state index contributed by atoms with van der Waals surface area (Å²) in [6, 6.07) is 27.1. The second-order valence-electron chi connectivity index (χ2n) is 8.75. The van der Waals surface area contributed by atoms with Gasteiger partial charge in [-0.1, -0.05) is 66.7 Å². The molecule has 1 heterocycles. The quantitative estimate of drug-likeness (QED) is 0.462. The molecule has 3 aromatic rings. The Morgan fingerprint density at radius 1 is 0.700 bits per heavy atom. The molecule has 1 saturated heterocycles. The molecule has 0 aliphatic carbocycles. The highest BCUT2D eigenvalue weighted by Gasteiger charge is 2.51. The van der Waals surface area contributed by atoms with E-state index in [1.807, 2.05) is 30.3 Å². The van der Waals surface area contributed by atoms with Crippen molar-refractivity contribution in [2.75, 3.05) is 5.43 Å². The molecule has 0 atom stereocenters. The molecule has 5 heteroatoms. The maximum Gasteiger partial charge on any atom is 0.494 e. The van der Waals surface area contributed by atoms with Crippen molar-refractivity contribution >= 4 is 18.3 Å². The van der Waals surface area contributed by atoms with Gasteiger partial charge in [0.1, 0.15) is 0 Å². The van der Waals surface area contributed by atoms with Crippen LogP contribution in [0.15, 0.2) is 78.9 Å². The Bertz CT molecular complexity index is 954. The molecule has 154 valence electrons. The lowest BCUT2D eigenvalue weighted by molar-refractivity contribution is 0.00578. The van der Waals surface area contributed by atoms with E-state index in [4.69, 9.17) is 9.31 Å². The van der Waals surface area contributed by atoms with Crippen molar-refractivity contribution in [1.29, 1.82) is 0 Å². The third-order valence-electron chi connectivity index (χ3n) is 6.02. The van der Waals surface area contributed by atoms with Gasteiger partial charge in [-0.3, -0.25) is 0 Å². The number of hydrogen-bond donors (Lipinski definition) is 2. The van der Waals surface area contributed by atoms with Gasteiger partial charge in [-0.15, -0.1) is 0 Å². The van der Waals surface area contributed by atoms with Crippen LogP contribution in [0.3, 0.4) is 0 Å². The Hall–Kier alpha value is -2.60. The predicted molar refractivity (Wildman–Crippen MR) is 124 cm³/mol. The molecule has 0 unspecified atom stereocenters. The minimum atomic E-state index is -0.324. The zero-order valence-electron chi connectivity index (χ0n) is 18.1. The summed E-state index contributed by atoms with van der Waals surface area (Å²) < 4.78 is 12.3. The molecule has 0 bridgehead atoms. The molecule has 0 spiro atoms. The summed E-state index contributed by atoms with van der Waals surface area (Å²) in [5.41, 5.74) is 11.5. The zero-order valence-corrected chi connectivity index (χ0v) is 18.1. The highest BCUT2D eigenvalue weighted by Crippen LogP contribution is 2.36. The van der Waals surface area contributed by atoms with E-state index in [2.05, 4.69) is 87.1 Å². The van der Waals surface area contributed by atoms with Gasteiger partial charge in [0.05, 0.1) is 11.2 Å². The molecule has 0 aromatic heterocycles. The van der Waals surface area contributed by atoms with Crippen LogP contribution < -0.4 is 16.3 Å². The smallest absolute Gasteiger partial charge is 0.399 e. The van der Waals surface area contributed by atoms with E-state index in [0.29, 0.717) is 0 Å². The third-order valence-corrected chi connectivity index (χ3v) is 6.02. The number of rotatable bonds is 6. The van der Waals surface area contributed by atoms with Crippen LogP contribution in [0.25, 0.3) is 11.1 Å². The number of benzene rings is 3. The van der Waals surface area contributed by atoms with E-state index in [9.17, 15) is 0 Å². The van der Waals surface area contributed by atoms with Gasteiger partial charge in [-0.2, -0.15) is 0 Å². The highest BCUT2D eigenvalue weighted by molar-refractivity contribution is 6.62. The van der Waals surface area contributed by atoms with E-state index in [0.717, 1.165) is 17.7 Å². The van der Waals surface area contributed by atoms with Gasteiger partial charge in [0.2, 0.25) is 0 Å². The van der Waals surface area contributed by atoms with E-state index >= 15 is 0 Å². The minimum Gasteiger partial charge on any atom is -0.399 e. The number of para-hydroxylation sites is 1. The first-order valence-corrected chi connectivity index (χ1v) is 10.4. The summed E-state index contributed by atoms with van der Waals surface area (Å²) >= 11 is 0. The number of anilines is 1. The zero-order chi connectivity index (χ0) is 21.2. The summed E-state index contributed by atoms with van der Waals surface area (Å²) in [5.74, 6) is 0. The highest BCUT2D eigenvalue weighted by atomic mass is 16.7. The Morgan fingerprint density at radius 3 is 1.80 bits per heavy atom. The molecule has 1 aliphatic rings. The van der Waals surface area contributed by atoms with Crippen molar-refractivity contribution in [3.63, 3.8) is 0 Å². The average molecular weight is 400 g/mol. The lowest BCUT2D eigenvalue weighted by atomic mass is 9.78. The molecular weight excluding hydrogens is 371 g/mol. The van der Waals surface area contributed by atoms with Gasteiger partial charge in [0.25, 0.3) is 0 Å². The predicted octanol–water partition coefficient (Wildman–Crippen LogP) is 4.77. The summed E-state index contributed by atoms with van der Waals surface area (Å²) in [6.07, 6.45) is 0. The summed E-state index contributed by atoms with van der Waals surface area (Å²) in [4.78, 5) is 0. The van der Waals surface area contributed by atoms with Crippen LogP contribution in [-0.2, 0) is 15.9 Å². The van der Waals surface area contributed by atoms with Gasteiger partial charge in [0.15, 0.2) is 0 Å². The number of nitrogens with one attached hydrogen (secondary N) is 2. The van der Waals surface area contributed by atoms with Crippen molar-refractivity contribution < 1.29 is 9.31 Å². The standard InChI is InChI=1S/C25H29BN2O2/c1-24(2)25(3,4)30-26(29-24)22-16-14-21(15-17-22)20-12-10-19(11-13-20)18-27-28-23-8-6-5-7-9-23/h5-17,27-28H,18H2,1-4H3. The van der Waals surface area contributed by atoms with E-state index in [-0.39, 0.29) is 18.3 Å². The van der Waals surface area contributed by atoms with Crippen LogP contribution in [0.5, 0.6) is 0 Å². The number of hydrogen-bond acceptors (Lipinski definition) is 4. The first-order valence-electron chi connectivity index (χ1n) is 10.4. The molecule has 1 aliphatic heterocycles. The summed E-state index contributed by atoms with van der Waals surface area (Å²) in [6.45, 7) is 9.05. The SMILES string of the molecule is CC1(C)OB(c2ccc(-c3ccc(CNNc4ccccc4)cc3)cc2)OC1(C)C. The lowest BCUT2D eigenvalue weighted by Crippen LogP contribution is -2.41. The normalized spacial score (nSPS) is 17.1. The fourth-order valence-corrected chi connectivity index (χ4v) is 3.40. The largest absolute Gasteiger partial charge is 0.494 e. The topological polar surface area (TPSA) is 42.5 Å². The summed E-state index contributed by atoms with van der Waals surface area (Å²) in [5, 5.41) is 0. The van der Waals surface area contributed by atoms with Crippen LogP contribution in [0, 0.1) is 0 Å². The molecular formula is C25H29BN2O2. The van der Waals surface area contributed by atoms with Crippen LogP contribution in [0.2, 0.25) is 0 Å². The molecule has 3 aromatic carbocycles. The fourth-order valence-electron chi connectivity index (χ4n) is 3.40. The maximum absolute atomic E-state index is 6.15. The number of hydrazine groups is 1. The monoisotopic (exact) mass is 400 g/mol. The molecule has 1 fully saturated rings. The third kappa shape index (κ3) is 4.44. The average Bonchev–Trinajstić information content (AvgIpc) is 2.97. The molecule has 4 rings (SSSR count). The Labute approximate surface area is 179 Å². The maximum atomic E-state index is 6.15. The molecule has 0 radical (unpaired) electrons.